The molecular weight excluding hydrogens is 436 g/mol. The smallest absolute Gasteiger partial charge is 0.166 e. The summed E-state index contributed by atoms with van der Waals surface area (Å²) < 4.78 is 38.6. The molecular formula is C29H20F3P. The molecule has 1 atom stereocenters. The fraction of sp³-hybridized carbons (Fsp3) is 0.0345. The van der Waals surface area contributed by atoms with Crippen molar-refractivity contribution >= 4 is 25.3 Å². The number of fused-ring (bicyclic) bond motifs is 1. The standard InChI is InChI=1S/C29H20F3P/c30-29(31,32)27-13-9-22(10-14-27)25-8-6-23-5-7-24(17-26(23)18-25)21-3-1-19(2-4-21)20-11-15-28(33)16-12-20/h1-18H,33H2. The van der Waals surface area contributed by atoms with E-state index in [1.54, 1.807) is 0 Å². The van der Waals surface area contributed by atoms with Crippen LogP contribution < -0.4 is 5.30 Å². The van der Waals surface area contributed by atoms with Crippen LogP contribution in [0.1, 0.15) is 5.56 Å². The van der Waals surface area contributed by atoms with Gasteiger partial charge in [-0.05, 0) is 73.7 Å². The van der Waals surface area contributed by atoms with E-state index in [9.17, 15) is 13.2 Å². The first kappa shape index (κ1) is 21.4. The minimum absolute atomic E-state index is 0.637. The highest BCUT2D eigenvalue weighted by Gasteiger charge is 2.29. The van der Waals surface area contributed by atoms with Gasteiger partial charge >= 0.3 is 6.18 Å². The van der Waals surface area contributed by atoms with Crippen LogP contribution in [0.2, 0.25) is 0 Å². The van der Waals surface area contributed by atoms with Gasteiger partial charge in [0.1, 0.15) is 0 Å². The van der Waals surface area contributed by atoms with Crippen molar-refractivity contribution in [3.63, 3.8) is 0 Å². The lowest BCUT2D eigenvalue weighted by Crippen LogP contribution is -2.03. The average molecular weight is 456 g/mol. The molecule has 0 spiro atoms. The van der Waals surface area contributed by atoms with Crippen molar-refractivity contribution in [2.75, 3.05) is 0 Å². The molecule has 4 heteroatoms. The Morgan fingerprint density at radius 1 is 0.424 bits per heavy atom. The van der Waals surface area contributed by atoms with Crippen molar-refractivity contribution < 1.29 is 13.2 Å². The van der Waals surface area contributed by atoms with Gasteiger partial charge in [0.2, 0.25) is 0 Å². The maximum Gasteiger partial charge on any atom is 0.416 e. The second-order valence-corrected chi connectivity index (χ2v) is 8.72. The van der Waals surface area contributed by atoms with E-state index < -0.39 is 11.7 Å². The van der Waals surface area contributed by atoms with Gasteiger partial charge in [-0.1, -0.05) is 84.9 Å². The van der Waals surface area contributed by atoms with E-state index in [0.717, 1.165) is 56.0 Å². The molecule has 5 rings (SSSR count). The van der Waals surface area contributed by atoms with Gasteiger partial charge in [-0.25, -0.2) is 0 Å². The zero-order valence-corrected chi connectivity index (χ0v) is 18.8. The molecule has 0 aliphatic carbocycles. The highest BCUT2D eigenvalue weighted by molar-refractivity contribution is 7.27. The van der Waals surface area contributed by atoms with E-state index in [1.165, 1.54) is 17.7 Å². The Hall–Kier alpha value is -3.42. The minimum Gasteiger partial charge on any atom is -0.166 e. The normalized spacial score (nSPS) is 11.6. The molecule has 0 nitrogen and oxygen atoms in total. The van der Waals surface area contributed by atoms with E-state index in [-0.39, 0.29) is 0 Å². The van der Waals surface area contributed by atoms with Crippen molar-refractivity contribution in [3.05, 3.63) is 115 Å². The van der Waals surface area contributed by atoms with Crippen LogP contribution in [-0.2, 0) is 6.18 Å². The molecule has 0 radical (unpaired) electrons. The Bertz CT molecular complexity index is 1420. The summed E-state index contributed by atoms with van der Waals surface area (Å²) in [6.07, 6.45) is -4.33. The summed E-state index contributed by atoms with van der Waals surface area (Å²) in [5.41, 5.74) is 5.56. The van der Waals surface area contributed by atoms with Crippen LogP contribution in [0.4, 0.5) is 13.2 Å². The average Bonchev–Trinajstić information content (AvgIpc) is 2.83. The molecule has 33 heavy (non-hydrogen) atoms. The zero-order chi connectivity index (χ0) is 23.0. The molecule has 1 unspecified atom stereocenters. The predicted octanol–water partition coefficient (Wildman–Crippen LogP) is 8.36. The van der Waals surface area contributed by atoms with Crippen LogP contribution in [0.5, 0.6) is 0 Å². The maximum atomic E-state index is 12.9. The minimum atomic E-state index is -4.33. The Morgan fingerprint density at radius 3 is 1.24 bits per heavy atom. The molecule has 5 aromatic carbocycles. The second kappa shape index (κ2) is 8.50. The second-order valence-electron chi connectivity index (χ2n) is 8.05. The Kier molecular flexibility index (Phi) is 5.52. The first-order valence-corrected chi connectivity index (χ1v) is 11.1. The summed E-state index contributed by atoms with van der Waals surface area (Å²) in [5, 5.41) is 3.29. The van der Waals surface area contributed by atoms with Crippen molar-refractivity contribution in [2.45, 2.75) is 6.18 Å². The van der Waals surface area contributed by atoms with Gasteiger partial charge in [-0.3, -0.25) is 0 Å². The van der Waals surface area contributed by atoms with Crippen molar-refractivity contribution in [3.8, 4) is 33.4 Å². The summed E-state index contributed by atoms with van der Waals surface area (Å²) in [6.45, 7) is 0. The quantitative estimate of drug-likeness (QED) is 0.239. The molecule has 0 aliphatic rings. The number of rotatable bonds is 3. The van der Waals surface area contributed by atoms with Crippen molar-refractivity contribution in [1.82, 2.24) is 0 Å². The fourth-order valence-corrected chi connectivity index (χ4v) is 4.18. The Balaban J connectivity index is 1.46. The molecule has 0 amide bonds. The lowest BCUT2D eigenvalue weighted by Gasteiger charge is -2.10. The molecule has 0 saturated heterocycles. The van der Waals surface area contributed by atoms with Crippen molar-refractivity contribution in [1.29, 1.82) is 0 Å². The van der Waals surface area contributed by atoms with Gasteiger partial charge in [0, 0.05) is 0 Å². The van der Waals surface area contributed by atoms with Gasteiger partial charge < -0.3 is 0 Å². The molecule has 0 aliphatic heterocycles. The summed E-state index contributed by atoms with van der Waals surface area (Å²) >= 11 is 0. The van der Waals surface area contributed by atoms with Crippen molar-refractivity contribution in [2.24, 2.45) is 0 Å². The van der Waals surface area contributed by atoms with E-state index >= 15 is 0 Å². The van der Waals surface area contributed by atoms with E-state index in [4.69, 9.17) is 0 Å². The van der Waals surface area contributed by atoms with Gasteiger partial charge in [-0.2, -0.15) is 13.2 Å². The third-order valence-electron chi connectivity index (χ3n) is 5.85. The summed E-state index contributed by atoms with van der Waals surface area (Å²) in [5.74, 6) is 0. The highest BCUT2D eigenvalue weighted by atomic mass is 31.0. The van der Waals surface area contributed by atoms with Gasteiger partial charge in [0.15, 0.2) is 0 Å². The summed E-state index contributed by atoms with van der Waals surface area (Å²) in [7, 11) is 2.70. The van der Waals surface area contributed by atoms with Gasteiger partial charge in [0.25, 0.3) is 0 Å². The lowest BCUT2D eigenvalue weighted by atomic mass is 9.96. The molecule has 0 fully saturated rings. The van der Waals surface area contributed by atoms with Crippen LogP contribution in [0.25, 0.3) is 44.2 Å². The molecule has 0 aromatic heterocycles. The van der Waals surface area contributed by atoms with E-state index in [2.05, 4.69) is 76.0 Å². The van der Waals surface area contributed by atoms with Gasteiger partial charge in [-0.15, -0.1) is 9.24 Å². The molecule has 0 N–H and O–H groups in total. The third kappa shape index (κ3) is 4.55. The molecule has 5 aromatic rings. The lowest BCUT2D eigenvalue weighted by molar-refractivity contribution is -0.137. The first-order chi connectivity index (χ1) is 15.9. The fourth-order valence-electron chi connectivity index (χ4n) is 3.99. The SMILES string of the molecule is FC(F)(F)c1ccc(-c2ccc3ccc(-c4ccc(-c5ccc(P)cc5)cc4)cc3c2)cc1. The molecule has 0 bridgehead atoms. The number of benzene rings is 5. The largest absolute Gasteiger partial charge is 0.416 e. The summed E-state index contributed by atoms with van der Waals surface area (Å²) in [4.78, 5) is 0. The maximum absolute atomic E-state index is 12.9. The predicted molar refractivity (Wildman–Crippen MR) is 135 cm³/mol. The number of halogens is 3. The number of alkyl halides is 3. The summed E-state index contributed by atoms with van der Waals surface area (Å²) in [6, 6.07) is 34.4. The molecule has 0 heterocycles. The Morgan fingerprint density at radius 2 is 0.788 bits per heavy atom. The zero-order valence-electron chi connectivity index (χ0n) is 17.6. The third-order valence-corrected chi connectivity index (χ3v) is 6.23. The first-order valence-electron chi connectivity index (χ1n) is 10.5. The Labute approximate surface area is 192 Å². The molecule has 0 saturated carbocycles. The van der Waals surface area contributed by atoms with Crippen LogP contribution in [-0.4, -0.2) is 0 Å². The highest BCUT2D eigenvalue weighted by Crippen LogP contribution is 2.33. The van der Waals surface area contributed by atoms with Crippen LogP contribution in [0.3, 0.4) is 0 Å². The topological polar surface area (TPSA) is 0 Å². The number of hydrogen-bond donors (Lipinski definition) is 0. The van der Waals surface area contributed by atoms with Crippen LogP contribution in [0, 0.1) is 0 Å². The van der Waals surface area contributed by atoms with E-state index in [0.29, 0.717) is 0 Å². The monoisotopic (exact) mass is 456 g/mol. The van der Waals surface area contributed by atoms with Crippen LogP contribution >= 0.6 is 9.24 Å². The molecule has 162 valence electrons. The van der Waals surface area contributed by atoms with Gasteiger partial charge in [0.05, 0.1) is 5.56 Å². The van der Waals surface area contributed by atoms with E-state index in [1.807, 2.05) is 18.2 Å². The number of hydrogen-bond acceptors (Lipinski definition) is 0. The van der Waals surface area contributed by atoms with Crippen LogP contribution in [0.15, 0.2) is 109 Å².